The van der Waals surface area contributed by atoms with E-state index in [9.17, 15) is 0 Å². The summed E-state index contributed by atoms with van der Waals surface area (Å²) >= 11 is 0. The van der Waals surface area contributed by atoms with E-state index in [2.05, 4.69) is 103 Å². The molecule has 9 rings (SSSR count). The average Bonchev–Trinajstić information content (AvgIpc) is 3.85. The maximum Gasteiger partial charge on any atom is 0.216 e. The molecule has 0 atom stereocenters. The third-order valence-electron chi connectivity index (χ3n) is 10.0. The number of benzene rings is 3. The minimum Gasteiger partial charge on any atom is -0.486 e. The molecular weight excluding hydrogens is 781 g/mol. The molecule has 1 aliphatic carbocycles. The smallest absolute Gasteiger partial charge is 0.216 e. The second-order valence-electron chi connectivity index (χ2n) is 14.1. The van der Waals surface area contributed by atoms with Gasteiger partial charge in [-0.2, -0.15) is 0 Å². The van der Waals surface area contributed by atoms with E-state index in [4.69, 9.17) is 9.40 Å². The zero-order valence-corrected chi connectivity index (χ0v) is 31.1. The van der Waals surface area contributed by atoms with Crippen molar-refractivity contribution in [1.29, 1.82) is 0 Å². The Labute approximate surface area is 301 Å². The number of furan rings is 1. The molecule has 0 saturated heterocycles. The van der Waals surface area contributed by atoms with Gasteiger partial charge < -0.3 is 14.0 Å². The van der Waals surface area contributed by atoms with Crippen LogP contribution in [0.1, 0.15) is 87.6 Å². The standard InChI is InChI=1S/C22H19N2O.C21H21N2.Ir/c1-14-9-10-18-17-7-4-8-19(21(17)25-22(18)24-14)20-13-16(11-12-23-20)15-5-2-3-6-15;1-14(2)16-10-11-18-19-17(16)12-13-21(3,4)23(19)20(22-18)15-8-6-5-7-9-15;/h4,7,9-13,15H,2-3,5-6H2,1H3;5-8,10-14H,1-4H3;/q2*-1;. The zero-order valence-electron chi connectivity index (χ0n) is 28.7. The van der Waals surface area contributed by atoms with Gasteiger partial charge in [0.1, 0.15) is 0 Å². The van der Waals surface area contributed by atoms with Crippen LogP contribution in [-0.4, -0.2) is 19.5 Å². The Bertz CT molecular complexity index is 2320. The number of hydrogen-bond acceptors (Lipinski definition) is 4. The third kappa shape index (κ3) is 5.96. The predicted molar refractivity (Wildman–Crippen MR) is 196 cm³/mol. The van der Waals surface area contributed by atoms with Crippen molar-refractivity contribution in [1.82, 2.24) is 19.5 Å². The van der Waals surface area contributed by atoms with Gasteiger partial charge in [-0.3, -0.25) is 4.98 Å². The van der Waals surface area contributed by atoms with E-state index in [0.29, 0.717) is 17.5 Å². The van der Waals surface area contributed by atoms with Gasteiger partial charge in [-0.1, -0.05) is 67.5 Å². The minimum absolute atomic E-state index is 0. The number of fused-ring (bicyclic) bond motifs is 3. The second kappa shape index (κ2) is 13.2. The maximum atomic E-state index is 6.10. The van der Waals surface area contributed by atoms with Gasteiger partial charge in [0, 0.05) is 42.9 Å². The van der Waals surface area contributed by atoms with Crippen molar-refractivity contribution in [3.05, 3.63) is 120 Å². The Hall–Kier alpha value is -4.38. The van der Waals surface area contributed by atoms with Crippen LogP contribution in [0, 0.1) is 19.1 Å². The first-order chi connectivity index (χ1) is 23.3. The summed E-state index contributed by atoms with van der Waals surface area (Å²) in [6.07, 6.45) is 11.7. The van der Waals surface area contributed by atoms with E-state index in [1.54, 1.807) is 0 Å². The van der Waals surface area contributed by atoms with Crippen LogP contribution in [0.2, 0.25) is 0 Å². The normalized spacial score (nSPS) is 15.1. The molecular formula is C43H40IrN4O-2. The fourth-order valence-electron chi connectivity index (χ4n) is 7.52. The summed E-state index contributed by atoms with van der Waals surface area (Å²) in [7, 11) is 0. The van der Waals surface area contributed by atoms with E-state index in [1.807, 2.05) is 49.5 Å². The van der Waals surface area contributed by atoms with Gasteiger partial charge in [0.25, 0.3) is 0 Å². The van der Waals surface area contributed by atoms with E-state index < -0.39 is 0 Å². The quantitative estimate of drug-likeness (QED) is 0.166. The number of allylic oxidation sites excluding steroid dienone is 1. The molecule has 4 aromatic heterocycles. The van der Waals surface area contributed by atoms with Crippen LogP contribution in [0.3, 0.4) is 0 Å². The Morgan fingerprint density at radius 3 is 2.53 bits per heavy atom. The molecule has 0 spiro atoms. The first kappa shape index (κ1) is 33.1. The Balaban J connectivity index is 0.000000152. The average molecular weight is 821 g/mol. The van der Waals surface area contributed by atoms with Crippen molar-refractivity contribution in [2.45, 2.75) is 77.7 Å². The molecule has 3 aromatic carbocycles. The van der Waals surface area contributed by atoms with Gasteiger partial charge in [0.15, 0.2) is 0 Å². The number of pyridine rings is 2. The Morgan fingerprint density at radius 2 is 1.76 bits per heavy atom. The van der Waals surface area contributed by atoms with Crippen molar-refractivity contribution < 1.29 is 24.5 Å². The third-order valence-corrected chi connectivity index (χ3v) is 10.0. The van der Waals surface area contributed by atoms with Crippen molar-refractivity contribution in [2.24, 2.45) is 0 Å². The molecule has 1 radical (unpaired) electrons. The zero-order chi connectivity index (χ0) is 33.0. The minimum atomic E-state index is -0.101. The van der Waals surface area contributed by atoms with E-state index in [-0.39, 0.29) is 25.6 Å². The fourth-order valence-corrected chi connectivity index (χ4v) is 7.52. The number of aromatic nitrogens is 4. The number of nitrogens with zero attached hydrogens (tertiary/aromatic N) is 4. The summed E-state index contributed by atoms with van der Waals surface area (Å²) in [5, 5.41) is 2.12. The molecule has 1 saturated carbocycles. The first-order valence-electron chi connectivity index (χ1n) is 17.2. The molecule has 0 bridgehead atoms. The van der Waals surface area contributed by atoms with Gasteiger partial charge in [0.2, 0.25) is 5.71 Å². The van der Waals surface area contributed by atoms with Gasteiger partial charge in [-0.25, -0.2) is 4.98 Å². The molecule has 1 fully saturated rings. The molecule has 0 N–H and O–H groups in total. The topological polar surface area (TPSA) is 56.7 Å². The van der Waals surface area contributed by atoms with Crippen molar-refractivity contribution in [3.8, 4) is 22.6 Å². The van der Waals surface area contributed by atoms with Crippen molar-refractivity contribution >= 4 is 39.2 Å². The molecule has 0 unspecified atom stereocenters. The molecule has 5 heterocycles. The first-order valence-corrected chi connectivity index (χ1v) is 17.2. The number of hydrogen-bond donors (Lipinski definition) is 0. The summed E-state index contributed by atoms with van der Waals surface area (Å²) in [5.41, 5.74) is 11.7. The molecule has 49 heavy (non-hydrogen) atoms. The molecule has 6 heteroatoms. The molecule has 0 amide bonds. The molecule has 2 aliphatic rings. The van der Waals surface area contributed by atoms with Gasteiger partial charge in [0.05, 0.1) is 28.0 Å². The Morgan fingerprint density at radius 1 is 0.918 bits per heavy atom. The van der Waals surface area contributed by atoms with Gasteiger partial charge in [-0.15, -0.1) is 54.1 Å². The number of rotatable bonds is 4. The molecule has 1 aliphatic heterocycles. The molecule has 249 valence electrons. The van der Waals surface area contributed by atoms with Crippen LogP contribution in [0.4, 0.5) is 0 Å². The van der Waals surface area contributed by atoms with Crippen molar-refractivity contribution in [2.75, 3.05) is 0 Å². The number of aryl methyl sites for hydroxylation is 1. The predicted octanol–water partition coefficient (Wildman–Crippen LogP) is 11.2. The van der Waals surface area contributed by atoms with Crippen LogP contribution >= 0.6 is 0 Å². The van der Waals surface area contributed by atoms with Crippen LogP contribution in [0.5, 0.6) is 0 Å². The van der Waals surface area contributed by atoms with E-state index in [1.165, 1.54) is 47.9 Å². The van der Waals surface area contributed by atoms with E-state index in [0.717, 1.165) is 50.2 Å². The fraction of sp³-hybridized carbons (Fsp3) is 0.279. The molecule has 7 aromatic rings. The van der Waals surface area contributed by atoms with Crippen LogP contribution in [0.25, 0.3) is 61.8 Å². The van der Waals surface area contributed by atoms with Crippen LogP contribution in [0.15, 0.2) is 89.5 Å². The summed E-state index contributed by atoms with van der Waals surface area (Å²) < 4.78 is 8.47. The van der Waals surface area contributed by atoms with Gasteiger partial charge >= 0.3 is 0 Å². The van der Waals surface area contributed by atoms with Crippen LogP contribution < -0.4 is 0 Å². The van der Waals surface area contributed by atoms with Gasteiger partial charge in [-0.05, 0) is 81.0 Å². The van der Waals surface area contributed by atoms with E-state index >= 15 is 0 Å². The van der Waals surface area contributed by atoms with Crippen LogP contribution in [-0.2, 0) is 25.6 Å². The summed E-state index contributed by atoms with van der Waals surface area (Å²) in [5.74, 6) is 2.16. The maximum absolute atomic E-state index is 6.10. The SMILES string of the molecule is CC(C)c1ccc2nc(-c3[c-]cccc3)n3c2c1C=CC3(C)C.Cc1ccc2c(n1)oc1c(-c3cc(C4CCCC4)ccn3)[c-]ccc12.[Ir]. The summed E-state index contributed by atoms with van der Waals surface area (Å²) in [6, 6.07) is 31.6. The summed E-state index contributed by atoms with van der Waals surface area (Å²) in [4.78, 5) is 14.1. The second-order valence-corrected chi connectivity index (χ2v) is 14.1. The Kier molecular flexibility index (Phi) is 8.89. The molecule has 5 nitrogen and oxygen atoms in total. The van der Waals surface area contributed by atoms with Crippen molar-refractivity contribution in [3.63, 3.8) is 0 Å². The number of imidazole rings is 1. The largest absolute Gasteiger partial charge is 0.486 e. The monoisotopic (exact) mass is 821 g/mol. The summed E-state index contributed by atoms with van der Waals surface area (Å²) in [6.45, 7) is 11.0.